The van der Waals surface area contributed by atoms with E-state index in [-0.39, 0.29) is 29.2 Å². The fourth-order valence-corrected chi connectivity index (χ4v) is 5.29. The first-order chi connectivity index (χ1) is 14.2. The van der Waals surface area contributed by atoms with Gasteiger partial charge in [0.25, 0.3) is 5.91 Å². The van der Waals surface area contributed by atoms with Gasteiger partial charge in [-0.1, -0.05) is 0 Å². The lowest BCUT2D eigenvalue weighted by Crippen LogP contribution is -2.16. The van der Waals surface area contributed by atoms with Gasteiger partial charge in [-0.3, -0.25) is 14.3 Å². The number of carbonyl (C=O) groups is 2. The Bertz CT molecular complexity index is 1220. The average Bonchev–Trinajstić information content (AvgIpc) is 3.40. The third kappa shape index (κ3) is 3.78. The molecule has 1 fully saturated rings. The Labute approximate surface area is 173 Å². The van der Waals surface area contributed by atoms with Crippen LogP contribution in [0, 0.1) is 6.92 Å². The molecule has 30 heavy (non-hydrogen) atoms. The second kappa shape index (κ2) is 7.52. The summed E-state index contributed by atoms with van der Waals surface area (Å²) < 4.78 is 26.7. The van der Waals surface area contributed by atoms with Crippen LogP contribution >= 0.6 is 0 Å². The van der Waals surface area contributed by atoms with Crippen LogP contribution in [0.15, 0.2) is 42.9 Å². The zero-order chi connectivity index (χ0) is 21.5. The number of hydrogen-bond acceptors (Lipinski definition) is 6. The number of rotatable bonds is 5. The molecule has 10 heteroatoms. The third-order valence-electron chi connectivity index (χ3n) is 5.27. The van der Waals surface area contributed by atoms with E-state index in [1.54, 1.807) is 59.9 Å². The van der Waals surface area contributed by atoms with Gasteiger partial charge in [0, 0.05) is 36.4 Å². The van der Waals surface area contributed by atoms with E-state index in [4.69, 9.17) is 0 Å². The molecule has 1 aliphatic heterocycles. The lowest BCUT2D eigenvalue weighted by Gasteiger charge is -2.11. The summed E-state index contributed by atoms with van der Waals surface area (Å²) >= 11 is 0. The van der Waals surface area contributed by atoms with Gasteiger partial charge >= 0.3 is 0 Å². The maximum atomic E-state index is 12.7. The summed E-state index contributed by atoms with van der Waals surface area (Å²) in [6.07, 6.45) is 5.21. The molecule has 1 aromatic carbocycles. The highest BCUT2D eigenvalue weighted by Gasteiger charge is 2.31. The van der Waals surface area contributed by atoms with Gasteiger partial charge < -0.3 is 9.88 Å². The molecule has 1 N–H and O–H groups in total. The number of ketones is 1. The summed E-state index contributed by atoms with van der Waals surface area (Å²) in [7, 11) is -1.30. The van der Waals surface area contributed by atoms with Crippen molar-refractivity contribution in [2.24, 2.45) is 7.05 Å². The van der Waals surface area contributed by atoms with Crippen molar-refractivity contribution >= 4 is 27.2 Å². The number of hydrogen-bond donors (Lipinski definition) is 1. The summed E-state index contributed by atoms with van der Waals surface area (Å²) in [5.74, 6) is -0.0280. The summed E-state index contributed by atoms with van der Waals surface area (Å²) in [4.78, 5) is 29.2. The Morgan fingerprint density at radius 2 is 1.93 bits per heavy atom. The van der Waals surface area contributed by atoms with Gasteiger partial charge in [0.15, 0.2) is 15.7 Å². The highest BCUT2D eigenvalue weighted by atomic mass is 32.2. The van der Waals surface area contributed by atoms with Crippen LogP contribution in [0.4, 0.5) is 5.69 Å². The molecule has 1 unspecified atom stereocenters. The first kappa shape index (κ1) is 20.0. The fraction of sp³-hybridized carbons (Fsp3) is 0.300. The van der Waals surface area contributed by atoms with Gasteiger partial charge in [0.1, 0.15) is 0 Å². The molecule has 156 valence electrons. The zero-order valence-electron chi connectivity index (χ0n) is 16.6. The number of aryl methyl sites for hydroxylation is 1. The van der Waals surface area contributed by atoms with Crippen LogP contribution in [0.5, 0.6) is 0 Å². The number of amides is 1. The van der Waals surface area contributed by atoms with E-state index in [0.717, 1.165) is 0 Å². The van der Waals surface area contributed by atoms with Crippen molar-refractivity contribution in [3.63, 3.8) is 0 Å². The van der Waals surface area contributed by atoms with Crippen molar-refractivity contribution in [2.45, 2.75) is 19.4 Å². The largest absolute Gasteiger partial charge is 0.331 e. The molecular formula is C20H21N5O4S. The minimum Gasteiger partial charge on any atom is -0.331 e. The topological polar surface area (TPSA) is 116 Å². The number of imidazole rings is 1. The van der Waals surface area contributed by atoms with Crippen molar-refractivity contribution in [1.82, 2.24) is 19.3 Å². The maximum absolute atomic E-state index is 12.7. The highest BCUT2D eigenvalue weighted by molar-refractivity contribution is 7.91. The van der Waals surface area contributed by atoms with Gasteiger partial charge in [0.05, 0.1) is 29.3 Å². The molecule has 1 aliphatic rings. The van der Waals surface area contributed by atoms with E-state index in [9.17, 15) is 18.0 Å². The predicted molar refractivity (Wildman–Crippen MR) is 110 cm³/mol. The molecule has 0 saturated carbocycles. The van der Waals surface area contributed by atoms with E-state index < -0.39 is 9.84 Å². The minimum atomic E-state index is -3.05. The van der Waals surface area contributed by atoms with Gasteiger partial charge in [0.2, 0.25) is 5.78 Å². The Hall–Kier alpha value is -3.27. The van der Waals surface area contributed by atoms with Crippen molar-refractivity contribution < 1.29 is 18.0 Å². The maximum Gasteiger partial charge on any atom is 0.259 e. The Kier molecular flexibility index (Phi) is 5.02. The third-order valence-corrected chi connectivity index (χ3v) is 7.02. The quantitative estimate of drug-likeness (QED) is 0.621. The van der Waals surface area contributed by atoms with Crippen LogP contribution in [0.2, 0.25) is 0 Å². The first-order valence-corrected chi connectivity index (χ1v) is 11.3. The predicted octanol–water partition coefficient (Wildman–Crippen LogP) is 1.77. The molecule has 0 radical (unpaired) electrons. The van der Waals surface area contributed by atoms with E-state index in [1.165, 1.54) is 6.20 Å². The molecule has 9 nitrogen and oxygen atoms in total. The van der Waals surface area contributed by atoms with Crippen LogP contribution in [0.1, 0.15) is 44.7 Å². The molecule has 4 rings (SSSR count). The first-order valence-electron chi connectivity index (χ1n) is 9.43. The lowest BCUT2D eigenvalue weighted by molar-refractivity contribution is 0.101. The van der Waals surface area contributed by atoms with Crippen molar-refractivity contribution in [1.29, 1.82) is 0 Å². The number of nitrogens with zero attached hydrogens (tertiary/aromatic N) is 4. The van der Waals surface area contributed by atoms with Gasteiger partial charge in [-0.15, -0.1) is 0 Å². The molecular weight excluding hydrogens is 406 g/mol. The van der Waals surface area contributed by atoms with E-state index in [1.807, 2.05) is 0 Å². The van der Waals surface area contributed by atoms with Crippen molar-refractivity contribution in [3.05, 3.63) is 65.5 Å². The number of anilines is 1. The summed E-state index contributed by atoms with van der Waals surface area (Å²) in [6.45, 7) is 1.75. The van der Waals surface area contributed by atoms with Gasteiger partial charge in [-0.25, -0.2) is 13.4 Å². The van der Waals surface area contributed by atoms with Crippen LogP contribution in [-0.2, 0) is 16.9 Å². The number of aromatic nitrogens is 4. The second-order valence-corrected chi connectivity index (χ2v) is 9.60. The van der Waals surface area contributed by atoms with Gasteiger partial charge in [-0.2, -0.15) is 5.10 Å². The summed E-state index contributed by atoms with van der Waals surface area (Å²) in [6, 6.07) is 6.32. The second-order valence-electron chi connectivity index (χ2n) is 7.37. The normalized spacial score (nSPS) is 17.7. The van der Waals surface area contributed by atoms with Crippen LogP contribution < -0.4 is 5.32 Å². The molecule has 3 aromatic rings. The number of carbonyl (C=O) groups excluding carboxylic acids is 2. The minimum absolute atomic E-state index is 0.0437. The molecule has 2 aromatic heterocycles. The molecule has 0 spiro atoms. The van der Waals surface area contributed by atoms with Crippen molar-refractivity contribution in [3.8, 4) is 0 Å². The number of benzene rings is 1. The molecule has 1 amide bonds. The SMILES string of the molecule is Cc1c(C(=O)Nc2ccc(C(=O)c3nccn3C)cc2)cnn1C1CCS(=O)(=O)C1. The van der Waals surface area contributed by atoms with E-state index >= 15 is 0 Å². The van der Waals surface area contributed by atoms with Crippen molar-refractivity contribution in [2.75, 3.05) is 16.8 Å². The Balaban J connectivity index is 1.47. The number of nitrogens with one attached hydrogen (secondary N) is 1. The molecule has 3 heterocycles. The molecule has 0 aliphatic carbocycles. The van der Waals surface area contributed by atoms with Crippen LogP contribution in [0.3, 0.4) is 0 Å². The average molecular weight is 427 g/mol. The monoisotopic (exact) mass is 427 g/mol. The van der Waals surface area contributed by atoms with Crippen LogP contribution in [-0.4, -0.2) is 50.9 Å². The van der Waals surface area contributed by atoms with Gasteiger partial charge in [-0.05, 0) is 37.6 Å². The Morgan fingerprint density at radius 1 is 1.20 bits per heavy atom. The van der Waals surface area contributed by atoms with E-state index in [2.05, 4.69) is 15.4 Å². The molecule has 1 atom stereocenters. The lowest BCUT2D eigenvalue weighted by atomic mass is 10.1. The summed E-state index contributed by atoms with van der Waals surface area (Å²) in [5, 5.41) is 7.03. The summed E-state index contributed by atoms with van der Waals surface area (Å²) in [5.41, 5.74) is 2.00. The van der Waals surface area contributed by atoms with Crippen LogP contribution in [0.25, 0.3) is 0 Å². The number of sulfone groups is 1. The zero-order valence-corrected chi connectivity index (χ0v) is 17.4. The standard InChI is InChI=1S/C20H21N5O4S/c1-13-17(11-22-25(13)16-7-10-30(28,29)12-16)20(27)23-15-5-3-14(4-6-15)18(26)19-21-8-9-24(19)2/h3-6,8-9,11,16H,7,10,12H2,1-2H3,(H,23,27). The fourth-order valence-electron chi connectivity index (χ4n) is 3.60. The van der Waals surface area contributed by atoms with E-state index in [0.29, 0.717) is 34.8 Å². The highest BCUT2D eigenvalue weighted by Crippen LogP contribution is 2.25. The molecule has 0 bridgehead atoms. The molecule has 1 saturated heterocycles. The Morgan fingerprint density at radius 3 is 2.53 bits per heavy atom. The smallest absolute Gasteiger partial charge is 0.259 e.